The predicted octanol–water partition coefficient (Wildman–Crippen LogP) is 0.826. The van der Waals surface area contributed by atoms with Crippen LogP contribution in [0.2, 0.25) is 0 Å². The van der Waals surface area contributed by atoms with Crippen LogP contribution in [0.25, 0.3) is 0 Å². The molecule has 0 aliphatic carbocycles. The van der Waals surface area contributed by atoms with Gasteiger partial charge >= 0.3 is 0 Å². The summed E-state index contributed by atoms with van der Waals surface area (Å²) in [5.74, 6) is 0.903. The third-order valence-corrected chi connectivity index (χ3v) is 3.82. The van der Waals surface area contributed by atoms with E-state index in [0.29, 0.717) is 17.5 Å². The number of phenols is 1. The Kier molecular flexibility index (Phi) is 2.52. The van der Waals surface area contributed by atoms with Crippen molar-refractivity contribution in [3.63, 3.8) is 0 Å². The summed E-state index contributed by atoms with van der Waals surface area (Å²) < 4.78 is 0. The van der Waals surface area contributed by atoms with Crippen LogP contribution in [-0.4, -0.2) is 41.6 Å². The van der Waals surface area contributed by atoms with Gasteiger partial charge in [0.2, 0.25) is 0 Å². The molecule has 17 heavy (non-hydrogen) atoms. The first-order valence-corrected chi connectivity index (χ1v) is 6.06. The van der Waals surface area contributed by atoms with Crippen LogP contribution in [0.3, 0.4) is 0 Å². The highest BCUT2D eigenvalue weighted by atomic mass is 16.3. The Bertz CT molecular complexity index is 430. The number of nitrogens with zero attached hydrogens (tertiary/aromatic N) is 1. The van der Waals surface area contributed by atoms with Gasteiger partial charge in [-0.2, -0.15) is 0 Å². The minimum Gasteiger partial charge on any atom is -0.508 e. The first-order valence-electron chi connectivity index (χ1n) is 6.06. The molecular formula is C13H16N2O2. The molecule has 2 heterocycles. The normalized spacial score (nSPS) is 27.2. The summed E-state index contributed by atoms with van der Waals surface area (Å²) in [6.45, 7) is 2.80. The standard InChI is InChI=1S/C13H16N2O2/c16-11-3-1-9(2-4-11)13(17)15-6-5-10-7-14-8-12(10)15/h1-4,10,12,14,16H,5-8H2/t10-,12+/m0/s1. The number of carbonyl (C=O) groups excluding carboxylic acids is 1. The van der Waals surface area contributed by atoms with Crippen molar-refractivity contribution in [2.75, 3.05) is 19.6 Å². The molecule has 0 saturated carbocycles. The smallest absolute Gasteiger partial charge is 0.254 e. The lowest BCUT2D eigenvalue weighted by Crippen LogP contribution is -2.39. The number of rotatable bonds is 1. The van der Waals surface area contributed by atoms with Crippen molar-refractivity contribution in [1.29, 1.82) is 0 Å². The monoisotopic (exact) mass is 232 g/mol. The first-order chi connectivity index (χ1) is 8.25. The maximum absolute atomic E-state index is 12.3. The summed E-state index contributed by atoms with van der Waals surface area (Å²) >= 11 is 0. The molecule has 2 aliphatic heterocycles. The molecule has 2 saturated heterocycles. The molecule has 0 bridgehead atoms. The van der Waals surface area contributed by atoms with E-state index in [4.69, 9.17) is 0 Å². The third kappa shape index (κ3) is 1.78. The van der Waals surface area contributed by atoms with E-state index in [1.54, 1.807) is 24.3 Å². The minimum absolute atomic E-state index is 0.0844. The Balaban J connectivity index is 1.80. The average molecular weight is 232 g/mol. The van der Waals surface area contributed by atoms with Gasteiger partial charge in [-0.25, -0.2) is 0 Å². The van der Waals surface area contributed by atoms with Crippen LogP contribution in [0, 0.1) is 5.92 Å². The number of carbonyl (C=O) groups is 1. The average Bonchev–Trinajstić information content (AvgIpc) is 2.90. The molecule has 0 aromatic heterocycles. The fourth-order valence-electron chi connectivity index (χ4n) is 2.87. The van der Waals surface area contributed by atoms with Gasteiger partial charge in [0.15, 0.2) is 0 Å². The van der Waals surface area contributed by atoms with Gasteiger partial charge in [-0.15, -0.1) is 0 Å². The van der Waals surface area contributed by atoms with Crippen LogP contribution in [0.5, 0.6) is 5.75 Å². The molecule has 2 fully saturated rings. The van der Waals surface area contributed by atoms with E-state index in [2.05, 4.69) is 5.32 Å². The summed E-state index contributed by atoms with van der Waals surface area (Å²) in [7, 11) is 0. The maximum Gasteiger partial charge on any atom is 0.254 e. The molecule has 2 aliphatic rings. The van der Waals surface area contributed by atoms with Crippen LogP contribution in [0.4, 0.5) is 0 Å². The summed E-state index contributed by atoms with van der Waals surface area (Å²) in [6, 6.07) is 6.86. The van der Waals surface area contributed by atoms with E-state index in [0.717, 1.165) is 26.1 Å². The van der Waals surface area contributed by atoms with Gasteiger partial charge in [0, 0.05) is 31.2 Å². The number of fused-ring (bicyclic) bond motifs is 1. The van der Waals surface area contributed by atoms with Gasteiger partial charge in [-0.05, 0) is 36.6 Å². The van der Waals surface area contributed by atoms with E-state index in [-0.39, 0.29) is 11.7 Å². The van der Waals surface area contributed by atoms with E-state index in [9.17, 15) is 9.90 Å². The highest BCUT2D eigenvalue weighted by Gasteiger charge is 2.39. The topological polar surface area (TPSA) is 52.6 Å². The molecule has 1 aromatic rings. The van der Waals surface area contributed by atoms with E-state index in [1.807, 2.05) is 4.90 Å². The molecule has 3 rings (SSSR count). The SMILES string of the molecule is O=C(c1ccc(O)cc1)N1CC[C@H]2CNC[C@H]21. The number of benzene rings is 1. The lowest BCUT2D eigenvalue weighted by molar-refractivity contribution is 0.0737. The second-order valence-corrected chi connectivity index (χ2v) is 4.82. The largest absolute Gasteiger partial charge is 0.508 e. The van der Waals surface area contributed by atoms with Gasteiger partial charge < -0.3 is 15.3 Å². The molecule has 1 aromatic carbocycles. The van der Waals surface area contributed by atoms with E-state index < -0.39 is 0 Å². The number of aromatic hydroxyl groups is 1. The minimum atomic E-state index is 0.0844. The Morgan fingerprint density at radius 1 is 1.29 bits per heavy atom. The molecule has 4 nitrogen and oxygen atoms in total. The number of hydrogen-bond donors (Lipinski definition) is 2. The lowest BCUT2D eigenvalue weighted by atomic mass is 10.0. The van der Waals surface area contributed by atoms with Gasteiger partial charge in [0.05, 0.1) is 0 Å². The molecule has 2 atom stereocenters. The predicted molar refractivity (Wildman–Crippen MR) is 63.9 cm³/mol. The number of hydrogen-bond acceptors (Lipinski definition) is 3. The van der Waals surface area contributed by atoms with Crippen LogP contribution in [-0.2, 0) is 0 Å². The van der Waals surface area contributed by atoms with Gasteiger partial charge in [-0.1, -0.05) is 0 Å². The molecule has 0 unspecified atom stereocenters. The van der Waals surface area contributed by atoms with Crippen LogP contribution >= 0.6 is 0 Å². The number of phenolic OH excluding ortho intramolecular Hbond substituents is 1. The summed E-state index contributed by atoms with van der Waals surface area (Å²) in [6.07, 6.45) is 1.10. The Labute approximate surface area is 100 Å². The fourth-order valence-corrected chi connectivity index (χ4v) is 2.87. The van der Waals surface area contributed by atoms with Gasteiger partial charge in [-0.3, -0.25) is 4.79 Å². The summed E-state index contributed by atoms with van der Waals surface area (Å²) in [5.41, 5.74) is 0.662. The fraction of sp³-hybridized carbons (Fsp3) is 0.462. The lowest BCUT2D eigenvalue weighted by Gasteiger charge is -2.23. The third-order valence-electron chi connectivity index (χ3n) is 3.82. The highest BCUT2D eigenvalue weighted by Crippen LogP contribution is 2.28. The summed E-state index contributed by atoms with van der Waals surface area (Å²) in [4.78, 5) is 14.3. The van der Waals surface area contributed by atoms with Gasteiger partial charge in [0.25, 0.3) is 5.91 Å². The highest BCUT2D eigenvalue weighted by molar-refractivity contribution is 5.94. The van der Waals surface area contributed by atoms with Crippen molar-refractivity contribution in [3.8, 4) is 5.75 Å². The zero-order chi connectivity index (χ0) is 11.8. The van der Waals surface area contributed by atoms with Crippen molar-refractivity contribution in [3.05, 3.63) is 29.8 Å². The number of amides is 1. The van der Waals surface area contributed by atoms with Crippen molar-refractivity contribution < 1.29 is 9.90 Å². The second kappa shape index (κ2) is 4.04. The van der Waals surface area contributed by atoms with Crippen molar-refractivity contribution in [2.45, 2.75) is 12.5 Å². The first kappa shape index (κ1) is 10.6. The van der Waals surface area contributed by atoms with Crippen LogP contribution < -0.4 is 5.32 Å². The molecule has 4 heteroatoms. The quantitative estimate of drug-likeness (QED) is 0.754. The molecular weight excluding hydrogens is 216 g/mol. The van der Waals surface area contributed by atoms with Crippen LogP contribution in [0.1, 0.15) is 16.8 Å². The maximum atomic E-state index is 12.3. The van der Waals surface area contributed by atoms with Crippen LogP contribution in [0.15, 0.2) is 24.3 Å². The molecule has 90 valence electrons. The van der Waals surface area contributed by atoms with E-state index in [1.165, 1.54) is 0 Å². The van der Waals surface area contributed by atoms with Crippen molar-refractivity contribution in [1.82, 2.24) is 10.2 Å². The van der Waals surface area contributed by atoms with Gasteiger partial charge in [0.1, 0.15) is 5.75 Å². The Morgan fingerprint density at radius 2 is 2.06 bits per heavy atom. The molecule has 0 radical (unpaired) electrons. The molecule has 0 spiro atoms. The second-order valence-electron chi connectivity index (χ2n) is 4.82. The Morgan fingerprint density at radius 3 is 2.82 bits per heavy atom. The number of nitrogens with one attached hydrogen (secondary N) is 1. The van der Waals surface area contributed by atoms with Crippen molar-refractivity contribution in [2.24, 2.45) is 5.92 Å². The zero-order valence-electron chi connectivity index (χ0n) is 9.60. The molecule has 2 N–H and O–H groups in total. The summed E-state index contributed by atoms with van der Waals surface area (Å²) in [5, 5.41) is 12.6. The number of likely N-dealkylation sites (tertiary alicyclic amines) is 1. The Hall–Kier alpha value is -1.55. The zero-order valence-corrected chi connectivity index (χ0v) is 9.60. The van der Waals surface area contributed by atoms with Crippen molar-refractivity contribution >= 4 is 5.91 Å². The molecule has 1 amide bonds. The van der Waals surface area contributed by atoms with E-state index >= 15 is 0 Å².